The number of hydrogen-bond donors (Lipinski definition) is 4. The molecule has 9 nitrogen and oxygen atoms in total. The third-order valence-corrected chi connectivity index (χ3v) is 4.65. The molecule has 0 unspecified atom stereocenters. The number of thiazole rings is 1. The Morgan fingerprint density at radius 2 is 1.72 bits per heavy atom. The second kappa shape index (κ2) is 10.8. The molecule has 1 heterocycles. The predicted molar refractivity (Wildman–Crippen MR) is 115 cm³/mol. The number of aryl methyl sites for hydroxylation is 2. The van der Waals surface area contributed by atoms with Crippen molar-refractivity contribution < 1.29 is 27.9 Å². The van der Waals surface area contributed by atoms with Crippen LogP contribution in [0.4, 0.5) is 23.5 Å². The van der Waals surface area contributed by atoms with E-state index >= 15 is 0 Å². The average molecular weight is 470 g/mol. The zero-order chi connectivity index (χ0) is 23.9. The minimum Gasteiger partial charge on any atom is -0.443 e. The monoisotopic (exact) mass is 469 g/mol. The number of benzene rings is 1. The number of hydrazine groups is 1. The van der Waals surface area contributed by atoms with Crippen LogP contribution in [0, 0.1) is 11.6 Å². The Hall–Kier alpha value is -3.28. The van der Waals surface area contributed by atoms with Crippen LogP contribution >= 0.6 is 11.3 Å². The fraction of sp³-hybridized carbons (Fsp3) is 0.400. The predicted octanol–water partition coefficient (Wildman–Crippen LogP) is 3.40. The Morgan fingerprint density at radius 3 is 2.38 bits per heavy atom. The van der Waals surface area contributed by atoms with E-state index in [4.69, 9.17) is 4.74 Å². The maximum absolute atomic E-state index is 14.4. The summed E-state index contributed by atoms with van der Waals surface area (Å²) in [6.07, 6.45) is -0.290. The van der Waals surface area contributed by atoms with Crippen molar-refractivity contribution in [2.45, 2.75) is 52.7 Å². The summed E-state index contributed by atoms with van der Waals surface area (Å²) in [5.41, 5.74) is 4.11. The van der Waals surface area contributed by atoms with Crippen molar-refractivity contribution in [3.05, 3.63) is 46.0 Å². The van der Waals surface area contributed by atoms with Crippen LogP contribution in [0.25, 0.3) is 0 Å². The third kappa shape index (κ3) is 8.10. The van der Waals surface area contributed by atoms with Crippen molar-refractivity contribution >= 4 is 34.5 Å². The molecule has 0 aliphatic heterocycles. The van der Waals surface area contributed by atoms with Gasteiger partial charge in [0.25, 0.3) is 0 Å². The van der Waals surface area contributed by atoms with E-state index in [0.29, 0.717) is 17.2 Å². The number of hydrogen-bond acceptors (Lipinski definition) is 6. The molecule has 2 aromatic rings. The van der Waals surface area contributed by atoms with Crippen molar-refractivity contribution in [1.82, 2.24) is 21.2 Å². The first-order valence-electron chi connectivity index (χ1n) is 9.65. The molecular weight excluding hydrogens is 444 g/mol. The molecule has 2 rings (SSSR count). The van der Waals surface area contributed by atoms with E-state index in [2.05, 4.69) is 15.6 Å². The first kappa shape index (κ1) is 25.0. The van der Waals surface area contributed by atoms with Crippen LogP contribution in [-0.2, 0) is 28.9 Å². The molecule has 32 heavy (non-hydrogen) atoms. The van der Waals surface area contributed by atoms with Crippen molar-refractivity contribution in [3.8, 4) is 0 Å². The van der Waals surface area contributed by atoms with Gasteiger partial charge in [-0.25, -0.2) is 34.2 Å². The molecule has 0 saturated heterocycles. The summed E-state index contributed by atoms with van der Waals surface area (Å²) >= 11 is 1.25. The van der Waals surface area contributed by atoms with Crippen LogP contribution in [0.3, 0.4) is 0 Å². The summed E-state index contributed by atoms with van der Waals surface area (Å²) in [7, 11) is 0. The van der Waals surface area contributed by atoms with E-state index < -0.39 is 29.4 Å². The molecule has 0 radical (unpaired) electrons. The van der Waals surface area contributed by atoms with Gasteiger partial charge in [0.2, 0.25) is 5.91 Å². The topological polar surface area (TPSA) is 121 Å². The van der Waals surface area contributed by atoms with E-state index in [9.17, 15) is 23.2 Å². The lowest BCUT2D eigenvalue weighted by molar-refractivity contribution is -0.114. The summed E-state index contributed by atoms with van der Waals surface area (Å²) in [6.45, 7) is 6.06. The molecule has 0 fully saturated rings. The number of carbonyl (C=O) groups is 3. The fourth-order valence-corrected chi connectivity index (χ4v) is 3.27. The van der Waals surface area contributed by atoms with Gasteiger partial charge in [-0.15, -0.1) is 11.3 Å². The van der Waals surface area contributed by atoms with Gasteiger partial charge >= 0.3 is 12.1 Å². The molecule has 174 valence electrons. The number of anilines is 1. The SMILES string of the molecule is CC(=O)Nc1nc(CCc2ccc(CNC(=O)NNC(=O)OC(C)(C)C)c(F)c2F)cs1. The van der Waals surface area contributed by atoms with Crippen LogP contribution in [0.2, 0.25) is 0 Å². The van der Waals surface area contributed by atoms with Gasteiger partial charge in [0.15, 0.2) is 16.8 Å². The smallest absolute Gasteiger partial charge is 0.426 e. The van der Waals surface area contributed by atoms with Gasteiger partial charge in [0, 0.05) is 24.4 Å². The highest BCUT2D eigenvalue weighted by Gasteiger charge is 2.17. The molecule has 4 amide bonds. The Labute approximate surface area is 187 Å². The second-order valence-corrected chi connectivity index (χ2v) is 8.63. The zero-order valence-electron chi connectivity index (χ0n) is 18.1. The van der Waals surface area contributed by atoms with Gasteiger partial charge in [-0.1, -0.05) is 12.1 Å². The Kier molecular flexibility index (Phi) is 8.47. The van der Waals surface area contributed by atoms with Crippen LogP contribution in [0.15, 0.2) is 17.5 Å². The number of urea groups is 1. The van der Waals surface area contributed by atoms with Gasteiger partial charge in [0.05, 0.1) is 5.69 Å². The number of ether oxygens (including phenoxy) is 1. The molecule has 1 aromatic heterocycles. The Bertz CT molecular complexity index is 991. The van der Waals surface area contributed by atoms with Gasteiger partial charge in [-0.2, -0.15) is 0 Å². The van der Waals surface area contributed by atoms with Gasteiger partial charge in [-0.05, 0) is 39.2 Å². The zero-order valence-corrected chi connectivity index (χ0v) is 18.9. The van der Waals surface area contributed by atoms with E-state index in [0.717, 1.165) is 0 Å². The maximum atomic E-state index is 14.4. The Balaban J connectivity index is 1.86. The van der Waals surface area contributed by atoms with Gasteiger partial charge in [-0.3, -0.25) is 4.79 Å². The molecule has 1 aromatic carbocycles. The van der Waals surface area contributed by atoms with Crippen LogP contribution < -0.4 is 21.5 Å². The van der Waals surface area contributed by atoms with Gasteiger partial charge < -0.3 is 15.4 Å². The quantitative estimate of drug-likeness (QED) is 0.483. The summed E-state index contributed by atoms with van der Waals surface area (Å²) < 4.78 is 33.8. The standard InChI is InChI=1S/C20H25F2N5O4S/c1-11(28)24-18-25-14(10-32-18)8-7-12-5-6-13(16(22)15(12)21)9-23-17(29)26-27-19(30)31-20(2,3)4/h5-6,10H,7-9H2,1-4H3,(H,27,30)(H2,23,26,29)(H,24,25,28). The molecule has 4 N–H and O–H groups in total. The number of nitrogens with zero attached hydrogens (tertiary/aromatic N) is 1. The van der Waals surface area contributed by atoms with Crippen molar-refractivity contribution in [2.75, 3.05) is 5.32 Å². The van der Waals surface area contributed by atoms with Crippen molar-refractivity contribution in [1.29, 1.82) is 0 Å². The van der Waals surface area contributed by atoms with E-state index in [1.807, 2.05) is 10.9 Å². The fourth-order valence-electron chi connectivity index (χ4n) is 2.48. The number of carbonyl (C=O) groups excluding carboxylic acids is 3. The third-order valence-electron chi connectivity index (χ3n) is 3.84. The van der Waals surface area contributed by atoms with E-state index in [-0.39, 0.29) is 30.0 Å². The highest BCUT2D eigenvalue weighted by Crippen LogP contribution is 2.20. The number of aromatic nitrogens is 1. The normalized spacial score (nSPS) is 10.9. The lowest BCUT2D eigenvalue weighted by atomic mass is 10.0. The highest BCUT2D eigenvalue weighted by molar-refractivity contribution is 7.13. The minimum absolute atomic E-state index is 0.0553. The second-order valence-electron chi connectivity index (χ2n) is 7.77. The number of amides is 4. The van der Waals surface area contributed by atoms with E-state index in [1.165, 1.54) is 30.4 Å². The summed E-state index contributed by atoms with van der Waals surface area (Å²) in [4.78, 5) is 38.5. The maximum Gasteiger partial charge on any atom is 0.426 e. The summed E-state index contributed by atoms with van der Waals surface area (Å²) in [6, 6.07) is 1.99. The minimum atomic E-state index is -1.07. The number of rotatable bonds is 6. The first-order chi connectivity index (χ1) is 14.9. The first-order valence-corrected chi connectivity index (χ1v) is 10.5. The largest absolute Gasteiger partial charge is 0.443 e. The lowest BCUT2D eigenvalue weighted by Crippen LogP contribution is -2.48. The summed E-state index contributed by atoms with van der Waals surface area (Å²) in [5, 5.41) is 7.06. The molecule has 0 atom stereocenters. The molecular formula is C20H25F2N5O4S. The highest BCUT2D eigenvalue weighted by atomic mass is 32.1. The molecule has 0 saturated carbocycles. The average Bonchev–Trinajstić information content (AvgIpc) is 3.12. The van der Waals surface area contributed by atoms with E-state index in [1.54, 1.807) is 26.2 Å². The number of halogens is 2. The molecule has 0 bridgehead atoms. The summed E-state index contributed by atoms with van der Waals surface area (Å²) in [5.74, 6) is -2.31. The van der Waals surface area contributed by atoms with Crippen LogP contribution in [-0.4, -0.2) is 28.6 Å². The molecule has 0 aliphatic rings. The lowest BCUT2D eigenvalue weighted by Gasteiger charge is -2.19. The number of nitrogens with one attached hydrogen (secondary N) is 4. The van der Waals surface area contributed by atoms with Crippen molar-refractivity contribution in [2.24, 2.45) is 0 Å². The Morgan fingerprint density at radius 1 is 1.06 bits per heavy atom. The molecule has 0 aliphatic carbocycles. The molecule has 0 spiro atoms. The molecule has 12 heteroatoms. The van der Waals surface area contributed by atoms with Crippen molar-refractivity contribution in [3.63, 3.8) is 0 Å². The van der Waals surface area contributed by atoms with Crippen LogP contribution in [0.5, 0.6) is 0 Å². The van der Waals surface area contributed by atoms with Crippen LogP contribution in [0.1, 0.15) is 44.5 Å². The van der Waals surface area contributed by atoms with Gasteiger partial charge in [0.1, 0.15) is 5.60 Å².